The summed E-state index contributed by atoms with van der Waals surface area (Å²) in [5, 5.41) is 4.73. The molecular weight excluding hydrogens is 424 g/mol. The first-order chi connectivity index (χ1) is 14.3. The minimum absolute atomic E-state index is 0.162. The van der Waals surface area contributed by atoms with Crippen molar-refractivity contribution in [2.24, 2.45) is 7.05 Å². The van der Waals surface area contributed by atoms with E-state index >= 15 is 0 Å². The second-order valence-electron chi connectivity index (χ2n) is 7.74. The highest BCUT2D eigenvalue weighted by atomic mass is 35.5. The summed E-state index contributed by atoms with van der Waals surface area (Å²) in [6.07, 6.45) is 6.53. The summed E-state index contributed by atoms with van der Waals surface area (Å²) >= 11 is 6.24. The van der Waals surface area contributed by atoms with E-state index in [4.69, 9.17) is 11.6 Å². The number of nitrogens with zero attached hydrogens (tertiary/aromatic N) is 4. The Hall–Kier alpha value is -2.16. The Kier molecular flexibility index (Phi) is 5.74. The van der Waals surface area contributed by atoms with Crippen LogP contribution in [-0.4, -0.2) is 48.0 Å². The molecule has 30 heavy (non-hydrogen) atoms. The Morgan fingerprint density at radius 3 is 2.57 bits per heavy atom. The van der Waals surface area contributed by atoms with Gasteiger partial charge in [0.15, 0.2) is 0 Å². The van der Waals surface area contributed by atoms with E-state index in [1.807, 2.05) is 6.92 Å². The molecule has 0 N–H and O–H groups in total. The molecule has 3 heterocycles. The maximum absolute atomic E-state index is 12.9. The van der Waals surface area contributed by atoms with Crippen molar-refractivity contribution >= 4 is 39.3 Å². The Labute approximate surface area is 182 Å². The maximum atomic E-state index is 12.9. The molecule has 1 saturated heterocycles. The zero-order valence-electron chi connectivity index (χ0n) is 17.1. The number of sulfonamides is 1. The molecule has 7 nitrogen and oxygen atoms in total. The van der Waals surface area contributed by atoms with Crippen LogP contribution < -0.4 is 4.90 Å². The van der Waals surface area contributed by atoms with Crippen molar-refractivity contribution < 1.29 is 13.2 Å². The van der Waals surface area contributed by atoms with Crippen molar-refractivity contribution in [2.75, 3.05) is 24.5 Å². The molecule has 160 valence electrons. The Morgan fingerprint density at radius 1 is 1.17 bits per heavy atom. The summed E-state index contributed by atoms with van der Waals surface area (Å²) in [4.78, 5) is 14.9. The van der Waals surface area contributed by atoms with Crippen LogP contribution >= 0.6 is 11.6 Å². The summed E-state index contributed by atoms with van der Waals surface area (Å²) < 4.78 is 28.9. The van der Waals surface area contributed by atoms with Crippen LogP contribution in [0.15, 0.2) is 29.2 Å². The van der Waals surface area contributed by atoms with Crippen LogP contribution in [0.3, 0.4) is 0 Å². The van der Waals surface area contributed by atoms with Crippen molar-refractivity contribution in [2.45, 2.75) is 37.5 Å². The molecule has 1 aromatic heterocycles. The van der Waals surface area contributed by atoms with Gasteiger partial charge in [0.1, 0.15) is 5.15 Å². The van der Waals surface area contributed by atoms with Gasteiger partial charge in [-0.3, -0.25) is 9.48 Å². The summed E-state index contributed by atoms with van der Waals surface area (Å²) in [6, 6.07) is 5.10. The van der Waals surface area contributed by atoms with Crippen molar-refractivity contribution in [1.82, 2.24) is 14.1 Å². The molecule has 2 aromatic rings. The number of hydrogen-bond acceptors (Lipinski definition) is 4. The number of benzene rings is 1. The van der Waals surface area contributed by atoms with E-state index < -0.39 is 10.0 Å². The maximum Gasteiger partial charge on any atom is 0.251 e. The number of aromatic nitrogens is 2. The number of anilines is 1. The van der Waals surface area contributed by atoms with Gasteiger partial charge in [-0.1, -0.05) is 11.6 Å². The van der Waals surface area contributed by atoms with Crippen LogP contribution in [0.2, 0.25) is 5.15 Å². The number of amides is 1. The molecule has 0 aliphatic carbocycles. The van der Waals surface area contributed by atoms with E-state index in [9.17, 15) is 13.2 Å². The van der Waals surface area contributed by atoms with Crippen molar-refractivity contribution in [3.8, 4) is 0 Å². The monoisotopic (exact) mass is 448 g/mol. The van der Waals surface area contributed by atoms with E-state index in [2.05, 4.69) is 5.10 Å². The fraction of sp³-hybridized carbons (Fsp3) is 0.429. The van der Waals surface area contributed by atoms with Gasteiger partial charge in [0, 0.05) is 44.0 Å². The molecule has 0 spiro atoms. The van der Waals surface area contributed by atoms with Crippen LogP contribution in [-0.2, 0) is 28.3 Å². The number of hydrogen-bond donors (Lipinski definition) is 0. The van der Waals surface area contributed by atoms with Gasteiger partial charge in [-0.2, -0.15) is 9.40 Å². The van der Waals surface area contributed by atoms with Gasteiger partial charge in [0.25, 0.3) is 5.91 Å². The normalized spacial score (nSPS) is 17.6. The van der Waals surface area contributed by atoms with Crippen LogP contribution in [0.5, 0.6) is 0 Å². The van der Waals surface area contributed by atoms with Gasteiger partial charge >= 0.3 is 0 Å². The third kappa shape index (κ3) is 3.79. The minimum Gasteiger partial charge on any atom is -0.309 e. The second-order valence-corrected chi connectivity index (χ2v) is 10.0. The van der Waals surface area contributed by atoms with Crippen LogP contribution in [0.4, 0.5) is 5.69 Å². The molecule has 2 aliphatic rings. The predicted octanol–water partition coefficient (Wildman–Crippen LogP) is 3.16. The van der Waals surface area contributed by atoms with Gasteiger partial charge in [-0.15, -0.1) is 0 Å². The quantitative estimate of drug-likeness (QED) is 0.673. The van der Waals surface area contributed by atoms with Crippen LogP contribution in [0.1, 0.15) is 36.1 Å². The Bertz CT molecular complexity index is 1120. The molecule has 0 atom stereocenters. The highest BCUT2D eigenvalue weighted by molar-refractivity contribution is 7.89. The SMILES string of the molecule is Cc1nn(C)c(Cl)c1/C=C/C(=O)N1CCCc2cc(S(=O)(=O)N3CCCC3)ccc21. The summed E-state index contributed by atoms with van der Waals surface area (Å²) in [5.41, 5.74) is 3.13. The first-order valence-electron chi connectivity index (χ1n) is 10.1. The first-order valence-corrected chi connectivity index (χ1v) is 11.9. The lowest BCUT2D eigenvalue weighted by Crippen LogP contribution is -2.34. The number of aryl methyl sites for hydroxylation is 3. The number of halogens is 1. The zero-order valence-corrected chi connectivity index (χ0v) is 18.7. The van der Waals surface area contributed by atoms with Crippen molar-refractivity contribution in [3.05, 3.63) is 46.2 Å². The zero-order chi connectivity index (χ0) is 21.5. The van der Waals surface area contributed by atoms with Gasteiger partial charge in [-0.05, 0) is 62.4 Å². The van der Waals surface area contributed by atoms with E-state index in [1.54, 1.807) is 45.2 Å². The van der Waals surface area contributed by atoms with Gasteiger partial charge in [-0.25, -0.2) is 8.42 Å². The second kappa shape index (κ2) is 8.17. The highest BCUT2D eigenvalue weighted by Crippen LogP contribution is 2.31. The smallest absolute Gasteiger partial charge is 0.251 e. The first kappa shape index (κ1) is 21.1. The third-order valence-corrected chi connectivity index (χ3v) is 8.07. The highest BCUT2D eigenvalue weighted by Gasteiger charge is 2.29. The molecule has 1 fully saturated rings. The number of fused-ring (bicyclic) bond motifs is 1. The average Bonchev–Trinajstić information content (AvgIpc) is 3.35. The number of rotatable bonds is 4. The lowest BCUT2D eigenvalue weighted by Gasteiger charge is -2.29. The topological polar surface area (TPSA) is 75.5 Å². The number of carbonyl (C=O) groups excluding carboxylic acids is 1. The van der Waals surface area contributed by atoms with E-state index in [0.29, 0.717) is 29.7 Å². The molecule has 1 amide bonds. The molecule has 0 radical (unpaired) electrons. The van der Waals surface area contributed by atoms with Gasteiger partial charge in [0.05, 0.1) is 10.6 Å². The Balaban J connectivity index is 1.59. The van der Waals surface area contributed by atoms with Crippen LogP contribution in [0.25, 0.3) is 6.08 Å². The van der Waals surface area contributed by atoms with Crippen LogP contribution in [0, 0.1) is 6.92 Å². The lowest BCUT2D eigenvalue weighted by atomic mass is 10.0. The summed E-state index contributed by atoms with van der Waals surface area (Å²) in [5.74, 6) is -0.162. The molecule has 0 bridgehead atoms. The molecule has 2 aliphatic heterocycles. The molecule has 1 aromatic carbocycles. The molecule has 4 rings (SSSR count). The molecule has 0 saturated carbocycles. The van der Waals surface area contributed by atoms with Gasteiger partial charge in [0.2, 0.25) is 10.0 Å². The molecule has 9 heteroatoms. The fourth-order valence-corrected chi connectivity index (χ4v) is 5.93. The summed E-state index contributed by atoms with van der Waals surface area (Å²) in [7, 11) is -1.72. The van der Waals surface area contributed by atoms with Gasteiger partial charge < -0.3 is 4.90 Å². The largest absolute Gasteiger partial charge is 0.309 e. The number of carbonyl (C=O) groups is 1. The Morgan fingerprint density at radius 2 is 1.90 bits per heavy atom. The minimum atomic E-state index is -3.47. The van der Waals surface area contributed by atoms with Crippen molar-refractivity contribution in [1.29, 1.82) is 0 Å². The molecule has 0 unspecified atom stereocenters. The summed E-state index contributed by atoms with van der Waals surface area (Å²) in [6.45, 7) is 3.58. The third-order valence-electron chi connectivity index (χ3n) is 5.73. The van der Waals surface area contributed by atoms with E-state index in [-0.39, 0.29) is 5.91 Å². The van der Waals surface area contributed by atoms with E-state index in [0.717, 1.165) is 48.2 Å². The molecular formula is C21H25ClN4O3S. The average molecular weight is 449 g/mol. The van der Waals surface area contributed by atoms with E-state index in [1.165, 1.54) is 6.08 Å². The standard InChI is InChI=1S/C21H25ClN4O3S/c1-15-18(21(22)24(2)23-15)8-10-20(27)26-13-5-6-16-14-17(7-9-19(16)26)30(28,29)25-11-3-4-12-25/h7-10,14H,3-6,11-13H2,1-2H3/b10-8+. The van der Waals surface area contributed by atoms with Crippen molar-refractivity contribution in [3.63, 3.8) is 0 Å². The lowest BCUT2D eigenvalue weighted by molar-refractivity contribution is -0.114. The fourth-order valence-electron chi connectivity index (χ4n) is 4.12. The predicted molar refractivity (Wildman–Crippen MR) is 117 cm³/mol.